The minimum atomic E-state index is -0.118. The van der Waals surface area contributed by atoms with Gasteiger partial charge in [-0.15, -0.1) is 0 Å². The van der Waals surface area contributed by atoms with Gasteiger partial charge in [0.2, 0.25) is 0 Å². The maximum Gasteiger partial charge on any atom is 0.318 e. The summed E-state index contributed by atoms with van der Waals surface area (Å²) in [4.78, 5) is 14.4. The Morgan fingerprint density at radius 2 is 2.12 bits per heavy atom. The predicted octanol–water partition coefficient (Wildman–Crippen LogP) is 2.85. The van der Waals surface area contributed by atoms with Gasteiger partial charge in [0.1, 0.15) is 6.10 Å². The van der Waals surface area contributed by atoms with Crippen LogP contribution in [0.25, 0.3) is 0 Å². The van der Waals surface area contributed by atoms with Gasteiger partial charge < -0.3 is 15.0 Å². The van der Waals surface area contributed by atoms with Crippen molar-refractivity contribution in [3.05, 3.63) is 52.3 Å². The molecule has 24 heavy (non-hydrogen) atoms. The highest BCUT2D eigenvalue weighted by Gasteiger charge is 2.32. The van der Waals surface area contributed by atoms with E-state index < -0.39 is 0 Å². The molecule has 3 rings (SSSR count). The standard InChI is InChI=1S/C17H21BrN4O2/c1-12-16(13-3-5-14(18)6-4-13)24-10-9-22(12)17(23)19-11-15-7-8-21(2)20-15/h3-8,12,16H,9-11H2,1-2H3,(H,19,23)/t12-,16+/m1/s1. The average Bonchev–Trinajstić information content (AvgIpc) is 2.99. The molecule has 1 aromatic carbocycles. The number of nitrogens with one attached hydrogen (secondary N) is 1. The first-order chi connectivity index (χ1) is 11.5. The molecule has 2 amide bonds. The topological polar surface area (TPSA) is 59.4 Å². The summed E-state index contributed by atoms with van der Waals surface area (Å²) in [6.45, 7) is 3.56. The molecule has 0 saturated carbocycles. The Balaban J connectivity index is 1.64. The molecule has 2 heterocycles. The van der Waals surface area contributed by atoms with Crippen molar-refractivity contribution in [2.45, 2.75) is 25.6 Å². The first-order valence-corrected chi connectivity index (χ1v) is 8.74. The van der Waals surface area contributed by atoms with Crippen LogP contribution in [0.15, 0.2) is 41.0 Å². The van der Waals surface area contributed by atoms with Gasteiger partial charge in [0.05, 0.1) is 24.9 Å². The summed E-state index contributed by atoms with van der Waals surface area (Å²) in [5, 5.41) is 7.21. The number of amides is 2. The van der Waals surface area contributed by atoms with Gasteiger partial charge in [-0.3, -0.25) is 4.68 Å². The van der Waals surface area contributed by atoms with Gasteiger partial charge in [0.25, 0.3) is 0 Å². The fourth-order valence-corrected chi connectivity index (χ4v) is 3.19. The van der Waals surface area contributed by atoms with Crippen LogP contribution in [0.2, 0.25) is 0 Å². The first kappa shape index (κ1) is 17.0. The minimum absolute atomic E-state index is 0.0383. The van der Waals surface area contributed by atoms with E-state index in [1.807, 2.05) is 55.4 Å². The van der Waals surface area contributed by atoms with Gasteiger partial charge in [-0.1, -0.05) is 28.1 Å². The van der Waals surface area contributed by atoms with Crippen molar-refractivity contribution in [1.29, 1.82) is 0 Å². The highest BCUT2D eigenvalue weighted by molar-refractivity contribution is 9.10. The van der Waals surface area contributed by atoms with E-state index in [-0.39, 0.29) is 18.2 Å². The zero-order valence-corrected chi connectivity index (χ0v) is 15.4. The summed E-state index contributed by atoms with van der Waals surface area (Å²) in [5.41, 5.74) is 1.92. The zero-order chi connectivity index (χ0) is 17.1. The summed E-state index contributed by atoms with van der Waals surface area (Å²) in [7, 11) is 1.86. The van der Waals surface area contributed by atoms with Crippen LogP contribution in [0.5, 0.6) is 0 Å². The third kappa shape index (κ3) is 3.79. The number of ether oxygens (including phenoxy) is 1. The van der Waals surface area contributed by atoms with Crippen molar-refractivity contribution in [1.82, 2.24) is 20.0 Å². The Morgan fingerprint density at radius 1 is 1.38 bits per heavy atom. The number of rotatable bonds is 3. The van der Waals surface area contributed by atoms with Gasteiger partial charge in [-0.25, -0.2) is 4.79 Å². The van der Waals surface area contributed by atoms with Crippen LogP contribution in [0.1, 0.15) is 24.3 Å². The molecule has 2 atom stereocenters. The second kappa shape index (κ2) is 7.36. The molecule has 0 unspecified atom stereocenters. The quantitative estimate of drug-likeness (QED) is 0.873. The molecule has 128 valence electrons. The largest absolute Gasteiger partial charge is 0.370 e. The number of halogens is 1. The number of benzene rings is 1. The Morgan fingerprint density at radius 3 is 2.79 bits per heavy atom. The second-order valence-electron chi connectivity index (χ2n) is 5.92. The van der Waals surface area contributed by atoms with Crippen LogP contribution >= 0.6 is 15.9 Å². The number of carbonyl (C=O) groups is 1. The fraction of sp³-hybridized carbons (Fsp3) is 0.412. The average molecular weight is 393 g/mol. The summed E-state index contributed by atoms with van der Waals surface area (Å²) in [6, 6.07) is 9.81. The SMILES string of the molecule is C[C@@H]1[C@@H](c2ccc(Br)cc2)OCCN1C(=O)NCc1ccn(C)n1. The normalized spacial score (nSPS) is 20.9. The van der Waals surface area contributed by atoms with Crippen molar-refractivity contribution >= 4 is 22.0 Å². The zero-order valence-electron chi connectivity index (χ0n) is 13.8. The van der Waals surface area contributed by atoms with Gasteiger partial charge in [0.15, 0.2) is 0 Å². The van der Waals surface area contributed by atoms with Gasteiger partial charge in [0, 0.05) is 24.3 Å². The third-order valence-electron chi connectivity index (χ3n) is 4.21. The van der Waals surface area contributed by atoms with Crippen LogP contribution in [0.4, 0.5) is 4.79 Å². The molecule has 1 aliphatic heterocycles. The number of hydrogen-bond donors (Lipinski definition) is 1. The predicted molar refractivity (Wildman–Crippen MR) is 94.4 cm³/mol. The van der Waals surface area contributed by atoms with Crippen molar-refractivity contribution in [3.8, 4) is 0 Å². The van der Waals surface area contributed by atoms with E-state index in [1.54, 1.807) is 4.68 Å². The second-order valence-corrected chi connectivity index (χ2v) is 6.83. The molecule has 6 nitrogen and oxygen atoms in total. The van der Waals surface area contributed by atoms with Crippen molar-refractivity contribution in [2.24, 2.45) is 7.05 Å². The smallest absolute Gasteiger partial charge is 0.318 e. The van der Waals surface area contributed by atoms with Gasteiger partial charge in [-0.05, 0) is 30.7 Å². The van der Waals surface area contributed by atoms with E-state index in [1.165, 1.54) is 0 Å². The Labute approximate surface area is 149 Å². The van der Waals surface area contributed by atoms with E-state index in [4.69, 9.17) is 4.74 Å². The molecule has 2 aromatic rings. The molecule has 7 heteroatoms. The molecular weight excluding hydrogens is 372 g/mol. The molecule has 0 aliphatic carbocycles. The lowest BCUT2D eigenvalue weighted by Gasteiger charge is -2.39. The highest BCUT2D eigenvalue weighted by atomic mass is 79.9. The van der Waals surface area contributed by atoms with Crippen LogP contribution in [-0.4, -0.2) is 39.9 Å². The summed E-state index contributed by atoms with van der Waals surface area (Å²) in [6.07, 6.45) is 1.75. The number of carbonyl (C=O) groups excluding carboxylic acids is 1. The van der Waals surface area contributed by atoms with Crippen LogP contribution in [0.3, 0.4) is 0 Å². The lowest BCUT2D eigenvalue weighted by molar-refractivity contribution is -0.0498. The molecule has 1 aliphatic rings. The van der Waals surface area contributed by atoms with Gasteiger partial charge >= 0.3 is 6.03 Å². The Bertz CT molecular complexity index is 701. The van der Waals surface area contributed by atoms with Gasteiger partial charge in [-0.2, -0.15) is 5.10 Å². The monoisotopic (exact) mass is 392 g/mol. The lowest BCUT2D eigenvalue weighted by atomic mass is 10.0. The van der Waals surface area contributed by atoms with Crippen molar-refractivity contribution in [3.63, 3.8) is 0 Å². The fourth-order valence-electron chi connectivity index (χ4n) is 2.92. The Kier molecular flexibility index (Phi) is 5.20. The molecule has 0 bridgehead atoms. The Hall–Kier alpha value is -1.86. The first-order valence-electron chi connectivity index (χ1n) is 7.94. The van der Waals surface area contributed by atoms with E-state index in [2.05, 4.69) is 26.3 Å². The molecular formula is C17H21BrN4O2. The summed E-state index contributed by atoms with van der Waals surface area (Å²) in [5.74, 6) is 0. The van der Waals surface area contributed by atoms with Crippen LogP contribution < -0.4 is 5.32 Å². The third-order valence-corrected chi connectivity index (χ3v) is 4.74. The number of urea groups is 1. The van der Waals surface area contributed by atoms with E-state index in [9.17, 15) is 4.79 Å². The number of aryl methyl sites for hydroxylation is 1. The molecule has 1 N–H and O–H groups in total. The number of hydrogen-bond acceptors (Lipinski definition) is 3. The number of nitrogens with zero attached hydrogens (tertiary/aromatic N) is 3. The summed E-state index contributed by atoms with van der Waals surface area (Å²) < 4.78 is 8.66. The highest BCUT2D eigenvalue weighted by Crippen LogP contribution is 2.29. The van der Waals surface area contributed by atoms with Crippen molar-refractivity contribution in [2.75, 3.05) is 13.2 Å². The maximum absolute atomic E-state index is 12.5. The molecule has 1 aromatic heterocycles. The van der Waals surface area contributed by atoms with Crippen LogP contribution in [0, 0.1) is 0 Å². The number of morpholine rings is 1. The van der Waals surface area contributed by atoms with E-state index in [0.29, 0.717) is 19.7 Å². The molecule has 0 radical (unpaired) electrons. The number of aromatic nitrogens is 2. The van der Waals surface area contributed by atoms with E-state index in [0.717, 1.165) is 15.7 Å². The summed E-state index contributed by atoms with van der Waals surface area (Å²) >= 11 is 3.44. The maximum atomic E-state index is 12.5. The molecule has 1 saturated heterocycles. The van der Waals surface area contributed by atoms with Crippen molar-refractivity contribution < 1.29 is 9.53 Å². The molecule has 1 fully saturated rings. The van der Waals surface area contributed by atoms with E-state index >= 15 is 0 Å². The lowest BCUT2D eigenvalue weighted by Crippen LogP contribution is -2.52. The minimum Gasteiger partial charge on any atom is -0.370 e. The van der Waals surface area contributed by atoms with Crippen LogP contribution in [-0.2, 0) is 18.3 Å². The molecule has 0 spiro atoms.